The number of hydrogen-bond donors (Lipinski definition) is 0. The molecule has 0 amide bonds. The Balaban J connectivity index is 5.61. The third kappa shape index (κ3) is 2.51. The van der Waals surface area contributed by atoms with E-state index in [1.54, 1.807) is 0 Å². The zero-order chi connectivity index (χ0) is 13.4. The van der Waals surface area contributed by atoms with E-state index >= 15 is 0 Å². The zero-order valence-electron chi connectivity index (χ0n) is 7.14. The summed E-state index contributed by atoms with van der Waals surface area (Å²) in [7, 11) is 0. The molecule has 0 spiro atoms. The van der Waals surface area contributed by atoms with Crippen LogP contribution in [-0.4, -0.2) is 25.2 Å². The van der Waals surface area contributed by atoms with Crippen LogP contribution in [0.4, 0.5) is 43.9 Å². The van der Waals surface area contributed by atoms with Gasteiger partial charge in [0.05, 0.1) is 0 Å². The largest absolute Gasteiger partial charge is 0.409 e. The summed E-state index contributed by atoms with van der Waals surface area (Å²) in [5.41, 5.74) is -5.69. The van der Waals surface area contributed by atoms with Crippen LogP contribution >= 0.6 is 0 Å². The van der Waals surface area contributed by atoms with Crippen molar-refractivity contribution < 1.29 is 43.9 Å². The van der Waals surface area contributed by atoms with Gasteiger partial charge in [0.15, 0.2) is 0 Å². The highest BCUT2D eigenvalue weighted by atomic mass is 19.4. The van der Waals surface area contributed by atoms with Crippen LogP contribution in [0.1, 0.15) is 6.42 Å². The minimum Gasteiger partial charge on any atom is -0.210 e. The lowest BCUT2D eigenvalue weighted by Gasteiger charge is -2.36. The lowest BCUT2D eigenvalue weighted by Crippen LogP contribution is -2.56. The van der Waals surface area contributed by atoms with E-state index in [1.807, 2.05) is 0 Å². The number of rotatable bonds is 3. The first kappa shape index (κ1) is 15.3. The molecule has 0 aromatic heterocycles. The van der Waals surface area contributed by atoms with Crippen LogP contribution < -0.4 is 0 Å². The maximum absolute atomic E-state index is 11.9. The van der Waals surface area contributed by atoms with Crippen LogP contribution in [0.2, 0.25) is 0 Å². The molecule has 0 atom stereocenters. The molecule has 0 rings (SSSR count). The van der Waals surface area contributed by atoms with Gasteiger partial charge in [-0.25, -0.2) is 17.6 Å². The molecule has 0 heterocycles. The summed E-state index contributed by atoms with van der Waals surface area (Å²) in [4.78, 5) is 0. The molecular weight excluding hydrogens is 262 g/mol. The lowest BCUT2D eigenvalue weighted by molar-refractivity contribution is -0.380. The molecule has 0 aliphatic rings. The summed E-state index contributed by atoms with van der Waals surface area (Å²) in [5.74, 6) is 0. The first-order valence-electron chi connectivity index (χ1n) is 3.56. The summed E-state index contributed by atoms with van der Waals surface area (Å²) < 4.78 is 119. The molecule has 0 aliphatic heterocycles. The SMILES string of the molecule is FC(F)CC(C(F)F)(C(F)(F)F)C(F)(F)F. The second-order valence-corrected chi connectivity index (χ2v) is 2.86. The molecule has 0 aromatic rings. The molecule has 0 nitrogen and oxygen atoms in total. The average molecular weight is 266 g/mol. The average Bonchev–Trinajstić information content (AvgIpc) is 1.93. The van der Waals surface area contributed by atoms with Gasteiger partial charge in [-0.1, -0.05) is 0 Å². The maximum Gasteiger partial charge on any atom is 0.409 e. The predicted octanol–water partition coefficient (Wildman–Crippen LogP) is 4.02. The van der Waals surface area contributed by atoms with Crippen molar-refractivity contribution >= 4 is 0 Å². The van der Waals surface area contributed by atoms with E-state index in [-0.39, 0.29) is 0 Å². The van der Waals surface area contributed by atoms with Crippen molar-refractivity contribution in [2.75, 3.05) is 0 Å². The summed E-state index contributed by atoms with van der Waals surface area (Å²) in [6, 6.07) is 0. The highest BCUT2D eigenvalue weighted by Crippen LogP contribution is 2.57. The smallest absolute Gasteiger partial charge is 0.210 e. The van der Waals surface area contributed by atoms with Gasteiger partial charge in [0, 0.05) is 6.42 Å². The molecule has 98 valence electrons. The van der Waals surface area contributed by atoms with Gasteiger partial charge in [-0.15, -0.1) is 0 Å². The first-order valence-corrected chi connectivity index (χ1v) is 3.56. The topological polar surface area (TPSA) is 0 Å². The predicted molar refractivity (Wildman–Crippen MR) is 31.2 cm³/mol. The van der Waals surface area contributed by atoms with E-state index in [1.165, 1.54) is 0 Å². The minimum absolute atomic E-state index is 3.02. The second-order valence-electron chi connectivity index (χ2n) is 2.86. The summed E-state index contributed by atoms with van der Waals surface area (Å²) in [5, 5.41) is 0. The normalized spacial score (nSPS) is 15.0. The van der Waals surface area contributed by atoms with Gasteiger partial charge >= 0.3 is 12.4 Å². The molecule has 0 aromatic carbocycles. The Morgan fingerprint density at radius 2 is 1.00 bits per heavy atom. The van der Waals surface area contributed by atoms with E-state index in [4.69, 9.17) is 0 Å². The van der Waals surface area contributed by atoms with Gasteiger partial charge in [-0.3, -0.25) is 0 Å². The Morgan fingerprint density at radius 1 is 0.688 bits per heavy atom. The zero-order valence-corrected chi connectivity index (χ0v) is 7.14. The first-order chi connectivity index (χ1) is 6.86. The number of halogens is 10. The van der Waals surface area contributed by atoms with E-state index in [0.717, 1.165) is 0 Å². The van der Waals surface area contributed by atoms with E-state index in [9.17, 15) is 43.9 Å². The number of alkyl halides is 10. The maximum atomic E-state index is 11.9. The molecule has 0 saturated heterocycles. The second kappa shape index (κ2) is 4.28. The molecule has 10 heteroatoms. The van der Waals surface area contributed by atoms with E-state index < -0.39 is 37.0 Å². The molecular formula is C6H4F10. The van der Waals surface area contributed by atoms with Gasteiger partial charge in [0.1, 0.15) is 0 Å². The summed E-state index contributed by atoms with van der Waals surface area (Å²) >= 11 is 0. The Kier molecular flexibility index (Phi) is 4.10. The molecule has 0 aliphatic carbocycles. The van der Waals surface area contributed by atoms with Crippen LogP contribution in [0.3, 0.4) is 0 Å². The van der Waals surface area contributed by atoms with Crippen LogP contribution in [0.5, 0.6) is 0 Å². The molecule has 0 radical (unpaired) electrons. The Bertz CT molecular complexity index is 208. The standard InChI is InChI=1S/C6H4F10/c7-2(8)1-4(3(9)10,5(11,12)13)6(14,15)16/h2-3H,1H2. The van der Waals surface area contributed by atoms with Crippen molar-refractivity contribution in [2.24, 2.45) is 5.41 Å². The molecule has 0 bridgehead atoms. The minimum atomic E-state index is -6.50. The lowest BCUT2D eigenvalue weighted by atomic mass is 9.83. The monoisotopic (exact) mass is 266 g/mol. The summed E-state index contributed by atoms with van der Waals surface area (Å²) in [6.45, 7) is 0. The third-order valence-corrected chi connectivity index (χ3v) is 1.86. The van der Waals surface area contributed by atoms with Crippen molar-refractivity contribution in [3.63, 3.8) is 0 Å². The van der Waals surface area contributed by atoms with Crippen LogP contribution in [0.25, 0.3) is 0 Å². The fourth-order valence-electron chi connectivity index (χ4n) is 0.972. The molecule has 16 heavy (non-hydrogen) atoms. The molecule has 0 fully saturated rings. The third-order valence-electron chi connectivity index (χ3n) is 1.86. The Morgan fingerprint density at radius 3 is 1.06 bits per heavy atom. The molecule has 0 N–H and O–H groups in total. The van der Waals surface area contributed by atoms with Crippen molar-refractivity contribution in [1.82, 2.24) is 0 Å². The van der Waals surface area contributed by atoms with Gasteiger partial charge in [0.25, 0.3) is 6.43 Å². The highest BCUT2D eigenvalue weighted by Gasteiger charge is 2.76. The highest BCUT2D eigenvalue weighted by molar-refractivity contribution is 4.96. The molecule has 0 saturated carbocycles. The van der Waals surface area contributed by atoms with E-state index in [2.05, 4.69) is 0 Å². The Labute approximate surface area is 82.2 Å². The van der Waals surface area contributed by atoms with Crippen molar-refractivity contribution in [2.45, 2.75) is 31.6 Å². The fraction of sp³-hybridized carbons (Fsp3) is 1.00. The van der Waals surface area contributed by atoms with Gasteiger partial charge in [0.2, 0.25) is 11.8 Å². The van der Waals surface area contributed by atoms with Crippen molar-refractivity contribution in [3.05, 3.63) is 0 Å². The summed E-state index contributed by atoms with van der Waals surface area (Å²) in [6.07, 6.45) is -25.2. The number of hydrogen-bond acceptors (Lipinski definition) is 0. The van der Waals surface area contributed by atoms with Gasteiger partial charge in [-0.2, -0.15) is 26.3 Å². The Hall–Kier alpha value is -0.700. The fourth-order valence-corrected chi connectivity index (χ4v) is 0.972. The van der Waals surface area contributed by atoms with Gasteiger partial charge in [-0.05, 0) is 0 Å². The van der Waals surface area contributed by atoms with Crippen LogP contribution in [0.15, 0.2) is 0 Å². The van der Waals surface area contributed by atoms with Crippen LogP contribution in [0, 0.1) is 5.41 Å². The van der Waals surface area contributed by atoms with Crippen molar-refractivity contribution in [1.29, 1.82) is 0 Å². The van der Waals surface area contributed by atoms with E-state index in [0.29, 0.717) is 0 Å². The van der Waals surface area contributed by atoms with Gasteiger partial charge < -0.3 is 0 Å². The quantitative estimate of drug-likeness (QED) is 0.677. The molecule has 0 unspecified atom stereocenters. The van der Waals surface area contributed by atoms with Crippen molar-refractivity contribution in [3.8, 4) is 0 Å². The van der Waals surface area contributed by atoms with Crippen LogP contribution in [-0.2, 0) is 0 Å².